The molecule has 0 spiro atoms. The Hall–Kier alpha value is -3.73. The minimum atomic E-state index is 0.0139. The van der Waals surface area contributed by atoms with Crippen molar-refractivity contribution >= 4 is 22.4 Å². The largest absolute Gasteiger partial charge is 0.483 e. The van der Waals surface area contributed by atoms with Gasteiger partial charge in [-0.25, -0.2) is 4.98 Å². The van der Waals surface area contributed by atoms with E-state index in [1.54, 1.807) is 7.11 Å². The van der Waals surface area contributed by atoms with E-state index < -0.39 is 0 Å². The molecule has 3 heterocycles. The number of para-hydroxylation sites is 1. The minimum Gasteiger partial charge on any atom is -0.483 e. The summed E-state index contributed by atoms with van der Waals surface area (Å²) in [6.45, 7) is 3.81. The standard InChI is InChI=1S/C23H20N4O/c1-14(28-2)26-16-9-7-15(8-10-16)22-19-13-25-23-21(19)18(11-12-24-23)17-5-3-4-6-20(17)27-22/h3-13,22,26-27H,1H2,2H3,(H,24,25). The number of anilines is 2. The first-order valence-corrected chi connectivity index (χ1v) is 9.16. The number of pyridine rings is 1. The molecule has 1 unspecified atom stereocenters. The van der Waals surface area contributed by atoms with E-state index in [0.29, 0.717) is 5.88 Å². The highest BCUT2D eigenvalue weighted by molar-refractivity contribution is 6.01. The third-order valence-corrected chi connectivity index (χ3v) is 5.21. The lowest BCUT2D eigenvalue weighted by atomic mass is 9.97. The third kappa shape index (κ3) is 2.60. The predicted octanol–water partition coefficient (Wildman–Crippen LogP) is 5.27. The highest BCUT2D eigenvalue weighted by Crippen LogP contribution is 2.43. The molecule has 2 aromatic heterocycles. The van der Waals surface area contributed by atoms with Gasteiger partial charge in [-0.1, -0.05) is 30.3 Å². The van der Waals surface area contributed by atoms with E-state index in [4.69, 9.17) is 4.74 Å². The normalized spacial score (nSPS) is 14.7. The number of nitrogens with zero attached hydrogens (tertiary/aromatic N) is 1. The Kier molecular flexibility index (Phi) is 3.79. The summed E-state index contributed by atoms with van der Waals surface area (Å²) in [6.07, 6.45) is 3.92. The van der Waals surface area contributed by atoms with Crippen LogP contribution in [-0.4, -0.2) is 17.1 Å². The lowest BCUT2D eigenvalue weighted by Crippen LogP contribution is -2.11. The molecule has 3 N–H and O–H groups in total. The number of H-pyrrole nitrogens is 1. The fourth-order valence-electron chi connectivity index (χ4n) is 3.84. The van der Waals surface area contributed by atoms with Crippen molar-refractivity contribution in [2.45, 2.75) is 6.04 Å². The number of hydrogen-bond donors (Lipinski definition) is 3. The summed E-state index contributed by atoms with van der Waals surface area (Å²) in [5, 5.41) is 8.02. The molecule has 1 aliphatic heterocycles. The van der Waals surface area contributed by atoms with Gasteiger partial charge in [0.25, 0.3) is 0 Å². The van der Waals surface area contributed by atoms with Crippen molar-refractivity contribution in [1.82, 2.24) is 9.97 Å². The van der Waals surface area contributed by atoms with Gasteiger partial charge < -0.3 is 20.4 Å². The highest BCUT2D eigenvalue weighted by atomic mass is 16.5. The molecular weight excluding hydrogens is 348 g/mol. The van der Waals surface area contributed by atoms with Gasteiger partial charge in [0.1, 0.15) is 5.65 Å². The van der Waals surface area contributed by atoms with Crippen molar-refractivity contribution in [3.05, 3.63) is 90.6 Å². The molecule has 2 aromatic carbocycles. The zero-order chi connectivity index (χ0) is 19.1. The predicted molar refractivity (Wildman–Crippen MR) is 113 cm³/mol. The summed E-state index contributed by atoms with van der Waals surface area (Å²) >= 11 is 0. The number of ether oxygens (including phenoxy) is 1. The number of nitrogens with one attached hydrogen (secondary N) is 3. The quantitative estimate of drug-likeness (QED) is 0.429. The van der Waals surface area contributed by atoms with Crippen LogP contribution in [-0.2, 0) is 4.74 Å². The van der Waals surface area contributed by atoms with E-state index in [1.165, 1.54) is 27.6 Å². The van der Waals surface area contributed by atoms with Crippen molar-refractivity contribution < 1.29 is 4.74 Å². The second-order valence-electron chi connectivity index (χ2n) is 6.82. The van der Waals surface area contributed by atoms with Crippen LogP contribution in [0.5, 0.6) is 0 Å². The molecule has 4 aromatic rings. The molecule has 1 aliphatic rings. The average Bonchev–Trinajstić information content (AvgIpc) is 3.10. The molecule has 0 amide bonds. The van der Waals surface area contributed by atoms with Gasteiger partial charge in [-0.05, 0) is 42.0 Å². The molecular formula is C23H20N4O. The molecule has 5 rings (SSSR count). The number of aromatic amines is 1. The molecule has 0 aliphatic carbocycles. The fourth-order valence-corrected chi connectivity index (χ4v) is 3.84. The maximum atomic E-state index is 5.09. The average molecular weight is 368 g/mol. The van der Waals surface area contributed by atoms with Crippen LogP contribution in [0, 0.1) is 0 Å². The van der Waals surface area contributed by atoms with Gasteiger partial charge >= 0.3 is 0 Å². The number of fused-ring (bicyclic) bond motifs is 2. The Morgan fingerprint density at radius 3 is 2.71 bits per heavy atom. The van der Waals surface area contributed by atoms with E-state index in [0.717, 1.165) is 17.0 Å². The van der Waals surface area contributed by atoms with Crippen LogP contribution in [0.4, 0.5) is 11.4 Å². The molecule has 0 saturated heterocycles. The molecule has 0 saturated carbocycles. The van der Waals surface area contributed by atoms with Gasteiger partial charge in [-0.3, -0.25) is 0 Å². The summed E-state index contributed by atoms with van der Waals surface area (Å²) in [6, 6.07) is 18.8. The zero-order valence-corrected chi connectivity index (χ0v) is 15.5. The molecule has 0 radical (unpaired) electrons. The molecule has 28 heavy (non-hydrogen) atoms. The topological polar surface area (TPSA) is 62.0 Å². The number of methoxy groups -OCH3 is 1. The summed E-state index contributed by atoms with van der Waals surface area (Å²) in [4.78, 5) is 7.86. The van der Waals surface area contributed by atoms with Crippen LogP contribution >= 0.6 is 0 Å². The number of aromatic nitrogens is 2. The summed E-state index contributed by atoms with van der Waals surface area (Å²) in [5.41, 5.74) is 7.70. The Morgan fingerprint density at radius 1 is 1.07 bits per heavy atom. The van der Waals surface area contributed by atoms with Gasteiger partial charge in [-0.15, -0.1) is 0 Å². The van der Waals surface area contributed by atoms with Crippen LogP contribution in [0.15, 0.2) is 79.5 Å². The minimum absolute atomic E-state index is 0.0139. The smallest absolute Gasteiger partial charge is 0.183 e. The third-order valence-electron chi connectivity index (χ3n) is 5.21. The lowest BCUT2D eigenvalue weighted by molar-refractivity contribution is 0.299. The Balaban J connectivity index is 1.63. The monoisotopic (exact) mass is 368 g/mol. The summed E-state index contributed by atoms with van der Waals surface area (Å²) in [5.74, 6) is 0.515. The molecule has 5 nitrogen and oxygen atoms in total. The van der Waals surface area contributed by atoms with Gasteiger partial charge in [-0.2, -0.15) is 0 Å². The molecule has 1 atom stereocenters. The highest BCUT2D eigenvalue weighted by Gasteiger charge is 2.25. The van der Waals surface area contributed by atoms with Gasteiger partial charge in [0.05, 0.1) is 13.2 Å². The zero-order valence-electron chi connectivity index (χ0n) is 15.5. The number of hydrogen-bond acceptors (Lipinski definition) is 4. The second-order valence-corrected chi connectivity index (χ2v) is 6.82. The van der Waals surface area contributed by atoms with Crippen LogP contribution in [0.1, 0.15) is 17.2 Å². The molecule has 0 bridgehead atoms. The van der Waals surface area contributed by atoms with Crippen LogP contribution in [0.2, 0.25) is 0 Å². The Bertz CT molecular complexity index is 1180. The Morgan fingerprint density at radius 2 is 1.89 bits per heavy atom. The Labute approximate surface area is 163 Å². The SMILES string of the molecule is C=C(Nc1ccc(C2Nc3ccccc3-c3ccnc4[nH]cc2c34)cc1)OC. The van der Waals surface area contributed by atoms with Crippen molar-refractivity contribution in [3.63, 3.8) is 0 Å². The van der Waals surface area contributed by atoms with Crippen molar-refractivity contribution in [3.8, 4) is 11.1 Å². The fraction of sp³-hybridized carbons (Fsp3) is 0.0870. The molecule has 138 valence electrons. The number of rotatable bonds is 4. The summed E-state index contributed by atoms with van der Waals surface area (Å²) in [7, 11) is 1.60. The van der Waals surface area contributed by atoms with Gasteiger partial charge in [0.2, 0.25) is 0 Å². The van der Waals surface area contributed by atoms with Gasteiger partial charge in [0.15, 0.2) is 5.88 Å². The lowest BCUT2D eigenvalue weighted by Gasteiger charge is -2.20. The maximum Gasteiger partial charge on any atom is 0.183 e. The first-order valence-electron chi connectivity index (χ1n) is 9.16. The van der Waals surface area contributed by atoms with Gasteiger partial charge in [0, 0.05) is 40.3 Å². The second kappa shape index (κ2) is 6.46. The van der Waals surface area contributed by atoms with E-state index >= 15 is 0 Å². The van der Waals surface area contributed by atoms with Crippen molar-refractivity contribution in [2.24, 2.45) is 0 Å². The van der Waals surface area contributed by atoms with Crippen LogP contribution in [0.25, 0.3) is 22.2 Å². The van der Waals surface area contributed by atoms with Crippen LogP contribution < -0.4 is 10.6 Å². The van der Waals surface area contributed by atoms with E-state index in [2.05, 4.69) is 75.8 Å². The van der Waals surface area contributed by atoms with Crippen molar-refractivity contribution in [1.29, 1.82) is 0 Å². The van der Waals surface area contributed by atoms with Crippen LogP contribution in [0.3, 0.4) is 0 Å². The maximum absolute atomic E-state index is 5.09. The van der Waals surface area contributed by atoms with E-state index in [1.807, 2.05) is 18.3 Å². The van der Waals surface area contributed by atoms with Crippen molar-refractivity contribution in [2.75, 3.05) is 17.7 Å². The molecule has 0 fully saturated rings. The summed E-state index contributed by atoms with van der Waals surface area (Å²) < 4.78 is 5.09. The first kappa shape index (κ1) is 16.4. The first-order chi connectivity index (χ1) is 13.7. The molecule has 5 heteroatoms. The number of benzene rings is 2. The van der Waals surface area contributed by atoms with E-state index in [-0.39, 0.29) is 6.04 Å². The van der Waals surface area contributed by atoms with E-state index in [9.17, 15) is 0 Å².